The summed E-state index contributed by atoms with van der Waals surface area (Å²) < 4.78 is 5.46. The van der Waals surface area contributed by atoms with E-state index >= 15 is 0 Å². The SMILES string of the molecule is CC.COc1ccc2cnccc2c1-c1ccc(O)cc1. The molecule has 0 unspecified atom stereocenters. The van der Waals surface area contributed by atoms with Crippen molar-refractivity contribution < 1.29 is 9.84 Å². The van der Waals surface area contributed by atoms with Crippen LogP contribution >= 0.6 is 0 Å². The molecule has 3 aromatic rings. The van der Waals surface area contributed by atoms with E-state index in [1.165, 1.54) is 0 Å². The minimum Gasteiger partial charge on any atom is -0.508 e. The first-order chi connectivity index (χ1) is 10.3. The highest BCUT2D eigenvalue weighted by atomic mass is 16.5. The van der Waals surface area contributed by atoms with E-state index in [2.05, 4.69) is 4.98 Å². The minimum absolute atomic E-state index is 0.254. The van der Waals surface area contributed by atoms with Gasteiger partial charge in [0.25, 0.3) is 0 Å². The topological polar surface area (TPSA) is 42.4 Å². The minimum atomic E-state index is 0.254. The molecule has 0 aliphatic heterocycles. The molecule has 3 heteroatoms. The van der Waals surface area contributed by atoms with E-state index in [0.29, 0.717) is 0 Å². The van der Waals surface area contributed by atoms with Gasteiger partial charge >= 0.3 is 0 Å². The summed E-state index contributed by atoms with van der Waals surface area (Å²) in [5.74, 6) is 1.06. The van der Waals surface area contributed by atoms with Crippen LogP contribution in [0.3, 0.4) is 0 Å². The Morgan fingerprint density at radius 2 is 1.67 bits per heavy atom. The zero-order valence-corrected chi connectivity index (χ0v) is 12.5. The third kappa shape index (κ3) is 2.97. The van der Waals surface area contributed by atoms with Crippen molar-refractivity contribution in [3.8, 4) is 22.6 Å². The van der Waals surface area contributed by atoms with E-state index in [0.717, 1.165) is 27.6 Å². The van der Waals surface area contributed by atoms with Crippen molar-refractivity contribution in [2.75, 3.05) is 7.11 Å². The Morgan fingerprint density at radius 1 is 0.952 bits per heavy atom. The molecule has 21 heavy (non-hydrogen) atoms. The van der Waals surface area contributed by atoms with Gasteiger partial charge in [-0.25, -0.2) is 0 Å². The first-order valence-electron chi connectivity index (χ1n) is 7.00. The second-order valence-electron chi connectivity index (χ2n) is 4.29. The molecule has 0 radical (unpaired) electrons. The van der Waals surface area contributed by atoms with Crippen LogP contribution in [0.2, 0.25) is 0 Å². The number of phenolic OH excluding ortho intramolecular Hbond substituents is 1. The lowest BCUT2D eigenvalue weighted by Crippen LogP contribution is -1.90. The molecule has 0 saturated heterocycles. The van der Waals surface area contributed by atoms with Crippen LogP contribution in [0.15, 0.2) is 54.9 Å². The zero-order chi connectivity index (χ0) is 15.2. The van der Waals surface area contributed by atoms with Gasteiger partial charge in [0, 0.05) is 23.3 Å². The Balaban J connectivity index is 0.000000774. The molecular formula is C18H19NO2. The Bertz CT molecular complexity index is 721. The van der Waals surface area contributed by atoms with E-state index in [1.54, 1.807) is 25.4 Å². The summed E-state index contributed by atoms with van der Waals surface area (Å²) in [6.07, 6.45) is 3.60. The highest BCUT2D eigenvalue weighted by Crippen LogP contribution is 2.37. The van der Waals surface area contributed by atoms with Crippen molar-refractivity contribution >= 4 is 10.8 Å². The number of fused-ring (bicyclic) bond motifs is 1. The van der Waals surface area contributed by atoms with Gasteiger partial charge in [0.1, 0.15) is 11.5 Å². The van der Waals surface area contributed by atoms with E-state index in [9.17, 15) is 5.11 Å². The number of hydrogen-bond donors (Lipinski definition) is 1. The van der Waals surface area contributed by atoms with Crippen LogP contribution in [0.5, 0.6) is 11.5 Å². The second-order valence-corrected chi connectivity index (χ2v) is 4.29. The number of pyridine rings is 1. The molecule has 0 atom stereocenters. The number of hydrogen-bond acceptors (Lipinski definition) is 3. The number of nitrogens with zero attached hydrogens (tertiary/aromatic N) is 1. The number of ether oxygens (including phenoxy) is 1. The van der Waals surface area contributed by atoms with Gasteiger partial charge in [-0.3, -0.25) is 4.98 Å². The lowest BCUT2D eigenvalue weighted by atomic mass is 9.98. The van der Waals surface area contributed by atoms with Gasteiger partial charge in [0.15, 0.2) is 0 Å². The maximum Gasteiger partial charge on any atom is 0.127 e. The summed E-state index contributed by atoms with van der Waals surface area (Å²) in [4.78, 5) is 4.14. The molecule has 3 nitrogen and oxygen atoms in total. The summed E-state index contributed by atoms with van der Waals surface area (Å²) in [5.41, 5.74) is 2.02. The van der Waals surface area contributed by atoms with Crippen LogP contribution in [-0.4, -0.2) is 17.2 Å². The lowest BCUT2D eigenvalue weighted by Gasteiger charge is -2.12. The van der Waals surface area contributed by atoms with Crippen LogP contribution in [0.4, 0.5) is 0 Å². The lowest BCUT2D eigenvalue weighted by molar-refractivity contribution is 0.417. The average molecular weight is 281 g/mol. The summed E-state index contributed by atoms with van der Waals surface area (Å²) in [7, 11) is 1.66. The largest absolute Gasteiger partial charge is 0.508 e. The van der Waals surface area contributed by atoms with Gasteiger partial charge in [0.05, 0.1) is 7.11 Å². The van der Waals surface area contributed by atoms with Crippen LogP contribution in [0.25, 0.3) is 21.9 Å². The monoisotopic (exact) mass is 281 g/mol. The summed E-state index contributed by atoms with van der Waals surface area (Å²) in [5, 5.41) is 11.5. The van der Waals surface area contributed by atoms with Crippen molar-refractivity contribution in [1.82, 2.24) is 4.98 Å². The van der Waals surface area contributed by atoms with Crippen LogP contribution in [0.1, 0.15) is 13.8 Å². The van der Waals surface area contributed by atoms with Crippen molar-refractivity contribution in [2.45, 2.75) is 13.8 Å². The molecule has 0 fully saturated rings. The predicted octanol–water partition coefficient (Wildman–Crippen LogP) is 4.64. The average Bonchev–Trinajstić information content (AvgIpc) is 2.56. The Morgan fingerprint density at radius 3 is 2.33 bits per heavy atom. The molecule has 108 valence electrons. The third-order valence-corrected chi connectivity index (χ3v) is 3.16. The molecule has 1 aromatic heterocycles. The highest BCUT2D eigenvalue weighted by Gasteiger charge is 2.10. The fourth-order valence-corrected chi connectivity index (χ4v) is 2.24. The molecular weight excluding hydrogens is 262 g/mol. The van der Waals surface area contributed by atoms with Crippen molar-refractivity contribution in [2.24, 2.45) is 0 Å². The zero-order valence-electron chi connectivity index (χ0n) is 12.5. The van der Waals surface area contributed by atoms with E-state index in [4.69, 9.17) is 4.74 Å². The molecule has 0 aliphatic carbocycles. The fraction of sp³-hybridized carbons (Fsp3) is 0.167. The molecule has 1 N–H and O–H groups in total. The van der Waals surface area contributed by atoms with Gasteiger partial charge in [-0.05, 0) is 41.3 Å². The van der Waals surface area contributed by atoms with E-state index < -0.39 is 0 Å². The molecule has 0 bridgehead atoms. The summed E-state index contributed by atoms with van der Waals surface area (Å²) in [6.45, 7) is 4.00. The fourth-order valence-electron chi connectivity index (χ4n) is 2.24. The molecule has 2 aromatic carbocycles. The summed E-state index contributed by atoms with van der Waals surface area (Å²) >= 11 is 0. The molecule has 1 heterocycles. The number of rotatable bonds is 2. The van der Waals surface area contributed by atoms with E-state index in [1.807, 2.05) is 50.4 Å². The molecule has 0 amide bonds. The maximum absolute atomic E-state index is 9.40. The quantitative estimate of drug-likeness (QED) is 0.744. The Hall–Kier alpha value is -2.55. The summed E-state index contributed by atoms with van der Waals surface area (Å²) in [6, 6.07) is 13.0. The van der Waals surface area contributed by atoms with E-state index in [-0.39, 0.29) is 5.75 Å². The van der Waals surface area contributed by atoms with Crippen LogP contribution in [0, 0.1) is 0 Å². The normalized spacial score (nSPS) is 9.86. The molecule has 0 saturated carbocycles. The van der Waals surface area contributed by atoms with Gasteiger partial charge in [0.2, 0.25) is 0 Å². The van der Waals surface area contributed by atoms with Gasteiger partial charge in [-0.2, -0.15) is 0 Å². The smallest absolute Gasteiger partial charge is 0.127 e. The predicted molar refractivity (Wildman–Crippen MR) is 86.7 cm³/mol. The standard InChI is InChI=1S/C16H13NO2.C2H6/c1-19-15-7-4-12-10-17-9-8-14(12)16(15)11-2-5-13(18)6-3-11;1-2/h2-10,18H,1H3;1-2H3. The number of methoxy groups -OCH3 is 1. The van der Waals surface area contributed by atoms with Crippen LogP contribution < -0.4 is 4.74 Å². The Labute approximate surface area is 124 Å². The molecule has 0 aliphatic rings. The van der Waals surface area contributed by atoms with Gasteiger partial charge in [-0.1, -0.05) is 26.0 Å². The third-order valence-electron chi connectivity index (χ3n) is 3.16. The number of aromatic hydroxyl groups is 1. The van der Waals surface area contributed by atoms with Gasteiger partial charge < -0.3 is 9.84 Å². The first-order valence-corrected chi connectivity index (χ1v) is 7.00. The van der Waals surface area contributed by atoms with Gasteiger partial charge in [-0.15, -0.1) is 0 Å². The maximum atomic E-state index is 9.40. The van der Waals surface area contributed by atoms with Crippen molar-refractivity contribution in [1.29, 1.82) is 0 Å². The number of benzene rings is 2. The van der Waals surface area contributed by atoms with Crippen molar-refractivity contribution in [3.63, 3.8) is 0 Å². The molecule has 0 spiro atoms. The Kier molecular flexibility index (Phi) is 4.77. The first kappa shape index (κ1) is 14.9. The number of phenols is 1. The van der Waals surface area contributed by atoms with Crippen LogP contribution in [-0.2, 0) is 0 Å². The van der Waals surface area contributed by atoms with Crippen molar-refractivity contribution in [3.05, 3.63) is 54.9 Å². The number of aromatic nitrogens is 1. The molecule has 3 rings (SSSR count). The highest BCUT2D eigenvalue weighted by molar-refractivity contribution is 5.99. The second kappa shape index (κ2) is 6.75.